The number of aromatic nitrogens is 2. The average Bonchev–Trinajstić information content (AvgIpc) is 2.92. The van der Waals surface area contributed by atoms with Gasteiger partial charge < -0.3 is 9.67 Å². The van der Waals surface area contributed by atoms with Crippen molar-refractivity contribution >= 4 is 39.4 Å². The number of pyridine rings is 1. The lowest BCUT2D eigenvalue weighted by atomic mass is 10.1. The summed E-state index contributed by atoms with van der Waals surface area (Å²) in [5.74, 6) is -1.01. The largest absolute Gasteiger partial charge is 0.477 e. The first-order chi connectivity index (χ1) is 12.0. The molecule has 0 radical (unpaired) electrons. The third-order valence-corrected chi connectivity index (χ3v) is 4.65. The van der Waals surface area contributed by atoms with E-state index in [2.05, 4.69) is 9.55 Å². The van der Waals surface area contributed by atoms with Gasteiger partial charge in [-0.3, -0.25) is 0 Å². The minimum Gasteiger partial charge on any atom is -0.477 e. The maximum Gasteiger partial charge on any atom is 0.354 e. The van der Waals surface area contributed by atoms with E-state index in [-0.39, 0.29) is 5.69 Å². The Balaban J connectivity index is 2.01. The summed E-state index contributed by atoms with van der Waals surface area (Å²) in [6, 6.07) is 17.4. The molecule has 0 unspecified atom stereocenters. The smallest absolute Gasteiger partial charge is 0.354 e. The van der Waals surface area contributed by atoms with Crippen LogP contribution in [-0.4, -0.2) is 20.6 Å². The molecule has 2 aromatic carbocycles. The van der Waals surface area contributed by atoms with Crippen LogP contribution >= 0.6 is 11.6 Å². The molecule has 1 N–H and O–H groups in total. The Labute approximate surface area is 149 Å². The van der Waals surface area contributed by atoms with Crippen molar-refractivity contribution in [2.24, 2.45) is 0 Å². The summed E-state index contributed by atoms with van der Waals surface area (Å²) in [5, 5.41) is 12.0. The van der Waals surface area contributed by atoms with Crippen LogP contribution in [0.25, 0.3) is 21.8 Å². The van der Waals surface area contributed by atoms with Crippen molar-refractivity contribution in [2.75, 3.05) is 0 Å². The second-order valence-corrected chi connectivity index (χ2v) is 6.46. The van der Waals surface area contributed by atoms with E-state index in [1.165, 1.54) is 0 Å². The number of fused-ring (bicyclic) bond motifs is 3. The van der Waals surface area contributed by atoms with Crippen LogP contribution in [0.1, 0.15) is 21.7 Å². The van der Waals surface area contributed by atoms with Crippen molar-refractivity contribution in [2.45, 2.75) is 13.5 Å². The summed E-state index contributed by atoms with van der Waals surface area (Å²) in [6.07, 6.45) is 0. The van der Waals surface area contributed by atoms with Gasteiger partial charge in [-0.1, -0.05) is 41.9 Å². The van der Waals surface area contributed by atoms with Crippen LogP contribution in [0, 0.1) is 6.92 Å². The molecule has 0 fully saturated rings. The Morgan fingerprint density at radius 1 is 1.12 bits per heavy atom. The lowest BCUT2D eigenvalue weighted by Gasteiger charge is -2.09. The highest BCUT2D eigenvalue weighted by molar-refractivity contribution is 6.30. The molecule has 4 rings (SSSR count). The number of rotatable bonds is 3. The predicted molar refractivity (Wildman–Crippen MR) is 99.5 cm³/mol. The van der Waals surface area contributed by atoms with Gasteiger partial charge in [0.2, 0.25) is 0 Å². The van der Waals surface area contributed by atoms with E-state index in [9.17, 15) is 9.90 Å². The van der Waals surface area contributed by atoms with Gasteiger partial charge in [0.1, 0.15) is 5.69 Å². The van der Waals surface area contributed by atoms with Crippen molar-refractivity contribution < 1.29 is 9.90 Å². The first kappa shape index (κ1) is 15.7. The first-order valence-electron chi connectivity index (χ1n) is 7.91. The number of para-hydroxylation sites is 1. The highest BCUT2D eigenvalue weighted by Gasteiger charge is 2.17. The van der Waals surface area contributed by atoms with Gasteiger partial charge in [-0.05, 0) is 36.8 Å². The van der Waals surface area contributed by atoms with Crippen molar-refractivity contribution in [3.63, 3.8) is 0 Å². The molecule has 0 aliphatic carbocycles. The summed E-state index contributed by atoms with van der Waals surface area (Å²) in [6.45, 7) is 2.52. The Morgan fingerprint density at radius 3 is 2.56 bits per heavy atom. The second kappa shape index (κ2) is 5.90. The number of carbonyl (C=O) groups is 1. The van der Waals surface area contributed by atoms with Crippen LogP contribution in [0.15, 0.2) is 54.6 Å². The molecule has 0 bridgehead atoms. The molecule has 25 heavy (non-hydrogen) atoms. The van der Waals surface area contributed by atoms with Gasteiger partial charge >= 0.3 is 5.97 Å². The first-order valence-corrected chi connectivity index (χ1v) is 8.28. The van der Waals surface area contributed by atoms with Gasteiger partial charge in [-0.25, -0.2) is 9.78 Å². The Hall–Kier alpha value is -2.85. The molecule has 0 saturated carbocycles. The quantitative estimate of drug-likeness (QED) is 0.572. The van der Waals surface area contributed by atoms with Gasteiger partial charge in [-0.15, -0.1) is 0 Å². The molecule has 2 aromatic heterocycles. The third-order valence-electron chi connectivity index (χ3n) is 4.40. The summed E-state index contributed by atoms with van der Waals surface area (Å²) < 4.78 is 2.18. The Morgan fingerprint density at radius 2 is 1.84 bits per heavy atom. The van der Waals surface area contributed by atoms with E-state index in [1.807, 2.05) is 55.5 Å². The number of nitrogens with zero attached hydrogens (tertiary/aromatic N) is 2. The molecule has 2 heterocycles. The van der Waals surface area contributed by atoms with Gasteiger partial charge in [0.15, 0.2) is 0 Å². The number of carboxylic acid groups (broad SMARTS) is 1. The fraction of sp³-hybridized carbons (Fsp3) is 0.100. The van der Waals surface area contributed by atoms with E-state index in [1.54, 1.807) is 6.07 Å². The average molecular weight is 351 g/mol. The number of carboxylic acids is 1. The maximum absolute atomic E-state index is 11.4. The van der Waals surface area contributed by atoms with Crippen LogP contribution in [0.2, 0.25) is 5.02 Å². The van der Waals surface area contributed by atoms with Crippen molar-refractivity contribution in [1.82, 2.24) is 9.55 Å². The highest BCUT2D eigenvalue weighted by Crippen LogP contribution is 2.31. The molecule has 0 atom stereocenters. The Bertz CT molecular complexity index is 1110. The van der Waals surface area contributed by atoms with Crippen LogP contribution in [0.4, 0.5) is 0 Å². The van der Waals surface area contributed by atoms with Crippen molar-refractivity contribution in [3.05, 3.63) is 76.6 Å². The summed E-state index contributed by atoms with van der Waals surface area (Å²) in [4.78, 5) is 15.7. The maximum atomic E-state index is 11.4. The molecule has 0 aliphatic heterocycles. The van der Waals surface area contributed by atoms with E-state index >= 15 is 0 Å². The molecule has 0 saturated heterocycles. The zero-order valence-corrected chi connectivity index (χ0v) is 14.3. The number of hydrogen-bond donors (Lipinski definition) is 1. The molecular weight excluding hydrogens is 336 g/mol. The zero-order valence-electron chi connectivity index (χ0n) is 13.5. The van der Waals surface area contributed by atoms with E-state index in [0.29, 0.717) is 17.3 Å². The predicted octanol–water partition coefficient (Wildman–Crippen LogP) is 4.90. The number of hydrogen-bond acceptors (Lipinski definition) is 2. The standard InChI is InChI=1S/C20H15ClN2O2/c1-12-19-16(10-17(22-12)20(24)25)15-4-2-3-5-18(15)23(19)11-13-6-8-14(21)9-7-13/h2-10H,11H2,1H3,(H,24,25). The van der Waals surface area contributed by atoms with E-state index < -0.39 is 5.97 Å². The Kier molecular flexibility index (Phi) is 3.70. The van der Waals surface area contributed by atoms with Crippen LogP contribution < -0.4 is 0 Å². The van der Waals surface area contributed by atoms with Crippen LogP contribution in [0.3, 0.4) is 0 Å². The molecule has 5 heteroatoms. The minimum atomic E-state index is -1.01. The van der Waals surface area contributed by atoms with Crippen molar-refractivity contribution in [1.29, 1.82) is 0 Å². The molecular formula is C20H15ClN2O2. The summed E-state index contributed by atoms with van der Waals surface area (Å²) in [7, 11) is 0. The third kappa shape index (κ3) is 2.65. The van der Waals surface area contributed by atoms with Crippen LogP contribution in [-0.2, 0) is 6.54 Å². The second-order valence-electron chi connectivity index (χ2n) is 6.02. The molecule has 0 spiro atoms. The van der Waals surface area contributed by atoms with E-state index in [4.69, 9.17) is 11.6 Å². The molecule has 124 valence electrons. The SMILES string of the molecule is Cc1nc(C(=O)O)cc2c3ccccc3n(Cc3ccc(Cl)cc3)c12. The minimum absolute atomic E-state index is 0.0689. The number of aromatic carboxylic acids is 1. The summed E-state index contributed by atoms with van der Waals surface area (Å²) in [5.41, 5.74) is 3.91. The lowest BCUT2D eigenvalue weighted by Crippen LogP contribution is -2.05. The highest BCUT2D eigenvalue weighted by atomic mass is 35.5. The topological polar surface area (TPSA) is 55.1 Å². The van der Waals surface area contributed by atoms with Gasteiger partial charge in [-0.2, -0.15) is 0 Å². The normalized spacial score (nSPS) is 11.3. The van der Waals surface area contributed by atoms with Gasteiger partial charge in [0, 0.05) is 27.9 Å². The molecule has 4 aromatic rings. The molecule has 4 nitrogen and oxygen atoms in total. The number of halogens is 1. The van der Waals surface area contributed by atoms with Gasteiger partial charge in [0.05, 0.1) is 11.2 Å². The zero-order chi connectivity index (χ0) is 17.6. The monoisotopic (exact) mass is 350 g/mol. The molecule has 0 aliphatic rings. The number of benzene rings is 2. The van der Waals surface area contributed by atoms with Crippen molar-refractivity contribution in [3.8, 4) is 0 Å². The summed E-state index contributed by atoms with van der Waals surface area (Å²) >= 11 is 5.98. The lowest BCUT2D eigenvalue weighted by molar-refractivity contribution is 0.0690. The fourth-order valence-electron chi connectivity index (χ4n) is 3.32. The fourth-order valence-corrected chi connectivity index (χ4v) is 3.44. The van der Waals surface area contributed by atoms with Crippen LogP contribution in [0.5, 0.6) is 0 Å². The molecule has 0 amide bonds. The number of aryl methyl sites for hydroxylation is 1. The van der Waals surface area contributed by atoms with E-state index in [0.717, 1.165) is 27.4 Å². The van der Waals surface area contributed by atoms with Gasteiger partial charge in [0.25, 0.3) is 0 Å².